The molecule has 6 N–H and O–H groups in total. The maximum atomic E-state index is 14.7. The van der Waals surface area contributed by atoms with Crippen molar-refractivity contribution in [2.75, 3.05) is 38.0 Å². The number of ketones is 3. The Kier molecular flexibility index (Phi) is 31.8. The zero-order valence-electron chi connectivity index (χ0n) is 54.4. The quantitative estimate of drug-likeness (QED) is 0.0224. The van der Waals surface area contributed by atoms with Gasteiger partial charge in [0.15, 0.2) is 12.1 Å². The van der Waals surface area contributed by atoms with Crippen molar-refractivity contribution in [3.63, 3.8) is 0 Å². The Balaban J connectivity index is 1.30. The van der Waals surface area contributed by atoms with Crippen molar-refractivity contribution in [3.05, 3.63) is 63.9 Å². The Morgan fingerprint density at radius 2 is 1.47 bits per heavy atom. The van der Waals surface area contributed by atoms with Gasteiger partial charge in [-0.25, -0.2) is 4.79 Å². The number of anilines is 2. The first-order valence-corrected chi connectivity index (χ1v) is 35.1. The van der Waals surface area contributed by atoms with E-state index in [1.165, 1.54) is 21.0 Å². The van der Waals surface area contributed by atoms with Crippen LogP contribution >= 0.6 is 67.8 Å². The van der Waals surface area contributed by atoms with Gasteiger partial charge in [0.25, 0.3) is 11.7 Å². The van der Waals surface area contributed by atoms with Crippen LogP contribution in [0.2, 0.25) is 0 Å². The molecule has 3 heterocycles. The van der Waals surface area contributed by atoms with E-state index in [0.29, 0.717) is 116 Å². The number of carbonyl (C=O) groups excluding carboxylic acids is 8. The van der Waals surface area contributed by atoms with Gasteiger partial charge in [0.05, 0.1) is 39.9 Å². The molecule has 2 saturated heterocycles. The molecule has 24 heteroatoms. The van der Waals surface area contributed by atoms with Gasteiger partial charge >= 0.3 is 11.9 Å². The maximum absolute atomic E-state index is 14.7. The number of allylic oxidation sites excluding steroid dienone is 6. The van der Waals surface area contributed by atoms with E-state index in [2.05, 4.69) is 10.6 Å². The molecule has 4 aliphatic rings. The average Bonchev–Trinajstić information content (AvgIpc) is 0.813. The Labute approximate surface area is 577 Å². The summed E-state index contributed by atoms with van der Waals surface area (Å²) in [5.74, 6) is -9.99. The zero-order valence-corrected chi connectivity index (χ0v) is 60.9. The smallest absolute Gasteiger partial charge is 0.329 e. The summed E-state index contributed by atoms with van der Waals surface area (Å²) in [6.07, 6.45) is 8.71. The van der Waals surface area contributed by atoms with Crippen LogP contribution in [0.25, 0.3) is 0 Å². The number of benzene rings is 1. The summed E-state index contributed by atoms with van der Waals surface area (Å²) in [6, 6.07) is -1.23. The van der Waals surface area contributed by atoms with Crippen molar-refractivity contribution in [3.8, 4) is 0 Å². The largest absolute Gasteiger partial charge is 0.460 e. The van der Waals surface area contributed by atoms with Gasteiger partial charge in [-0.2, -0.15) is 0 Å². The number of hydrogen-bond acceptors (Lipinski definition) is 18. The number of piperidine rings is 1. The molecule has 1 saturated carbocycles. The number of Topliss-reactive ketones (excluding diaryl/α,β-unsaturated/α-hetero) is 3. The van der Waals surface area contributed by atoms with E-state index in [1.807, 2.05) is 93.8 Å². The van der Waals surface area contributed by atoms with E-state index in [9.17, 15) is 58.8 Å². The van der Waals surface area contributed by atoms with Crippen molar-refractivity contribution in [2.45, 2.75) is 226 Å². The van der Waals surface area contributed by atoms with Crippen molar-refractivity contribution < 1.29 is 87.2 Å². The van der Waals surface area contributed by atoms with Crippen LogP contribution in [0.5, 0.6) is 0 Å². The number of amides is 3. The maximum Gasteiger partial charge on any atom is 0.329 e. The number of methoxy groups -OCH3 is 2. The van der Waals surface area contributed by atoms with Crippen LogP contribution in [0.3, 0.4) is 0 Å². The molecule has 1 aliphatic carbocycles. The summed E-state index contributed by atoms with van der Waals surface area (Å²) < 4.78 is 37.5. The monoisotopic (exact) mass is 1610 g/mol. The molecule has 91 heavy (non-hydrogen) atoms. The van der Waals surface area contributed by atoms with Crippen LogP contribution in [0, 0.1) is 46.2 Å². The summed E-state index contributed by atoms with van der Waals surface area (Å²) >= 11 is 6.11. The second-order valence-electron chi connectivity index (χ2n) is 25.3. The topological polar surface area (TPSA) is 300 Å². The summed E-state index contributed by atoms with van der Waals surface area (Å²) in [5, 5.41) is 51.6. The number of hydrogen-bond donors (Lipinski definition) is 6. The molecular formula is C67H96I3N3O18. The standard InChI is InChI=1S/C67H96I3N3O18/c1-36-20-14-12-15-21-37(2)48(76)34-46-26-24-42(7)67(85,91-46)63(81)64(82)73-28-18-17-22-47(73)65(83)90-51(35-49(77)38(3)31-41(6)61(80)62(87-11)60(79)40(5)30-36)39(4)32-45-25-27-50(52(33-45)86-10)89-53(78)23-16-13-19-29-88-66(84)54-55(68)58(71-43(8)74)57(70)59(56(54)69)72-44(9)75/h12,14-15,20-21,31,36,38-40,42,45-48,50-52,61-62,66,76,80,84-85H,13,16-19,22-30,32-35H2,1-11H3,(H,71,74)(H,72,75)/b15-12+,20-14+,37-21+,41-31+/t36-,38-,39-,40-,42-,45+,46+,47+,48+,50-,51+,52-,61-,62+,66?,67-/m1/s1. The molecule has 3 aliphatic heterocycles. The van der Waals surface area contributed by atoms with E-state index in [4.69, 9.17) is 28.4 Å². The van der Waals surface area contributed by atoms with Gasteiger partial charge in [0.2, 0.25) is 17.6 Å². The fourth-order valence-electron chi connectivity index (χ4n) is 12.5. The Morgan fingerprint density at radius 1 is 0.802 bits per heavy atom. The third kappa shape index (κ3) is 22.0. The second-order valence-corrected chi connectivity index (χ2v) is 28.6. The van der Waals surface area contributed by atoms with Gasteiger partial charge in [-0.1, -0.05) is 77.5 Å². The number of fused-ring (bicyclic) bond motifs is 3. The van der Waals surface area contributed by atoms with Gasteiger partial charge in [0.1, 0.15) is 36.2 Å². The van der Waals surface area contributed by atoms with Crippen LogP contribution in [-0.4, -0.2) is 154 Å². The third-order valence-electron chi connectivity index (χ3n) is 18.0. The summed E-state index contributed by atoms with van der Waals surface area (Å²) in [5.41, 5.74) is 2.22. The lowest BCUT2D eigenvalue weighted by atomic mass is 9.78. The van der Waals surface area contributed by atoms with Gasteiger partial charge in [-0.05, 0) is 188 Å². The third-order valence-corrected chi connectivity index (χ3v) is 21.3. The first-order valence-electron chi connectivity index (χ1n) is 31.8. The number of aliphatic hydroxyl groups excluding tert-OH is 3. The van der Waals surface area contributed by atoms with Crippen LogP contribution in [0.1, 0.15) is 177 Å². The van der Waals surface area contributed by atoms with Crippen LogP contribution in [0.4, 0.5) is 11.4 Å². The highest BCUT2D eigenvalue weighted by Crippen LogP contribution is 2.43. The fraction of sp³-hybridized carbons (Fsp3) is 0.672. The van der Waals surface area contributed by atoms with E-state index in [1.54, 1.807) is 66.0 Å². The Hall–Kier alpha value is -3.59. The first kappa shape index (κ1) is 78.1. The lowest BCUT2D eigenvalue weighted by Gasteiger charge is -2.42. The van der Waals surface area contributed by atoms with Crippen LogP contribution < -0.4 is 10.6 Å². The molecule has 5 rings (SSSR count). The molecule has 0 spiro atoms. The van der Waals surface area contributed by atoms with E-state index >= 15 is 0 Å². The minimum Gasteiger partial charge on any atom is -0.460 e. The SMILES string of the molecule is CO[C@@H]1C[C@H](C[C@@H](C)[C@@H]2CC(=O)[C@H](C)/C=C(\C)[C@@H](O)[C@@H](OC)C(=O)[C@H](C)C[C@H](C)/C=C/C=C/C=C(\C)[C@@H](O)C[C@@H]3CC[C@@H](C)[C@@](O)(O3)C(=O)C(=O)N3CCCC[C@H]3C(=O)O2)CC[C@H]1OC(=O)CCCCCOC(O)c1c(I)c(NC(C)=O)c(I)c(NC(C)=O)c1I. The zero-order chi connectivity index (χ0) is 67.6. The molecule has 1 aromatic carbocycles. The number of cyclic esters (lactones) is 1. The Bertz CT molecular complexity index is 2820. The lowest BCUT2D eigenvalue weighted by molar-refractivity contribution is -0.265. The molecular weight excluding hydrogens is 1520 g/mol. The molecule has 2 bridgehead atoms. The van der Waals surface area contributed by atoms with Crippen molar-refractivity contribution in [1.82, 2.24) is 4.90 Å². The van der Waals surface area contributed by atoms with Crippen LogP contribution in [-0.2, 0) is 66.8 Å². The number of esters is 2. The summed E-state index contributed by atoms with van der Waals surface area (Å²) in [6.45, 7) is 15.2. The van der Waals surface area contributed by atoms with Gasteiger partial charge in [0, 0.05) is 84.3 Å². The number of unbranched alkanes of at least 4 members (excludes halogenated alkanes) is 2. The number of nitrogens with one attached hydrogen (secondary N) is 2. The van der Waals surface area contributed by atoms with Crippen molar-refractivity contribution >= 4 is 126 Å². The summed E-state index contributed by atoms with van der Waals surface area (Å²) in [7, 11) is 2.90. The number of aliphatic hydroxyl groups is 4. The highest BCUT2D eigenvalue weighted by Gasteiger charge is 2.53. The molecule has 1 unspecified atom stereocenters. The molecule has 0 aromatic heterocycles. The number of ether oxygens (including phenoxy) is 6. The number of nitrogens with zero attached hydrogens (tertiary/aromatic N) is 1. The molecule has 3 fully saturated rings. The summed E-state index contributed by atoms with van der Waals surface area (Å²) in [4.78, 5) is 110. The predicted octanol–water partition coefficient (Wildman–Crippen LogP) is 10.1. The Morgan fingerprint density at radius 3 is 2.11 bits per heavy atom. The number of halogens is 3. The minimum absolute atomic E-state index is 0.0177. The molecule has 1 aromatic rings. The highest BCUT2D eigenvalue weighted by molar-refractivity contribution is 14.1. The fourth-order valence-corrected chi connectivity index (χ4v) is 16.7. The molecule has 3 amide bonds. The number of carbonyl (C=O) groups is 8. The molecule has 508 valence electrons. The molecule has 0 radical (unpaired) electrons. The van der Waals surface area contributed by atoms with Gasteiger partial charge in [-0.3, -0.25) is 33.6 Å². The lowest BCUT2D eigenvalue weighted by Crippen LogP contribution is -2.61. The molecule has 21 nitrogen and oxygen atoms in total. The number of rotatable bonds is 16. The van der Waals surface area contributed by atoms with Gasteiger partial charge in [-0.15, -0.1) is 0 Å². The highest BCUT2D eigenvalue weighted by atomic mass is 127. The van der Waals surface area contributed by atoms with E-state index in [0.717, 1.165) is 4.90 Å². The average molecular weight is 1610 g/mol. The minimum atomic E-state index is -2.54. The van der Waals surface area contributed by atoms with Crippen molar-refractivity contribution in [2.24, 2.45) is 35.5 Å². The second kappa shape index (κ2) is 37.1. The van der Waals surface area contributed by atoms with E-state index < -0.39 is 108 Å². The van der Waals surface area contributed by atoms with Crippen molar-refractivity contribution in [1.29, 1.82) is 0 Å². The normalized spacial score (nSPS) is 32.4. The van der Waals surface area contributed by atoms with Crippen LogP contribution in [0.15, 0.2) is 47.6 Å². The molecule has 16 atom stereocenters. The van der Waals surface area contributed by atoms with E-state index in [-0.39, 0.29) is 74.1 Å². The van der Waals surface area contributed by atoms with Gasteiger partial charge < -0.3 is 64.4 Å². The first-order chi connectivity index (χ1) is 42.9. The predicted molar refractivity (Wildman–Crippen MR) is 367 cm³/mol.